The van der Waals surface area contributed by atoms with Crippen LogP contribution in [0.15, 0.2) is 35.3 Å². The largest absolute Gasteiger partial charge is 0.469 e. The predicted octanol–water partition coefficient (Wildman–Crippen LogP) is 2.22. The summed E-state index contributed by atoms with van der Waals surface area (Å²) in [5.74, 6) is 1.26. The summed E-state index contributed by atoms with van der Waals surface area (Å²) >= 11 is 0. The first-order valence-corrected chi connectivity index (χ1v) is 9.43. The van der Waals surface area contributed by atoms with Gasteiger partial charge >= 0.3 is 5.97 Å². The second-order valence-corrected chi connectivity index (χ2v) is 6.96. The highest BCUT2D eigenvalue weighted by Gasteiger charge is 2.31. The second kappa shape index (κ2) is 9.03. The first kappa shape index (κ1) is 18.7. The molecule has 2 unspecified atom stereocenters. The van der Waals surface area contributed by atoms with Crippen molar-refractivity contribution in [3.63, 3.8) is 0 Å². The summed E-state index contributed by atoms with van der Waals surface area (Å²) in [6.07, 6.45) is 2.82. The minimum atomic E-state index is -0.0959. The molecule has 2 aliphatic rings. The maximum atomic E-state index is 11.7. The number of piperidine rings is 1. The smallest absolute Gasteiger partial charge is 0.308 e. The molecule has 1 aromatic rings. The molecule has 0 spiro atoms. The molecule has 142 valence electrons. The van der Waals surface area contributed by atoms with Crippen LogP contribution in [0.3, 0.4) is 0 Å². The molecular weight excluding hydrogens is 330 g/mol. The van der Waals surface area contributed by atoms with E-state index in [4.69, 9.17) is 9.47 Å². The lowest BCUT2D eigenvalue weighted by molar-refractivity contribution is -0.146. The fourth-order valence-corrected chi connectivity index (χ4v) is 3.90. The maximum Gasteiger partial charge on any atom is 0.308 e. The third-order valence-corrected chi connectivity index (χ3v) is 5.41. The lowest BCUT2D eigenvalue weighted by Gasteiger charge is -2.33. The Morgan fingerprint density at radius 1 is 1.27 bits per heavy atom. The van der Waals surface area contributed by atoms with Crippen LogP contribution < -0.4 is 5.32 Å². The highest BCUT2D eigenvalue weighted by molar-refractivity contribution is 5.80. The molecule has 1 N–H and O–H groups in total. The molecule has 0 radical (unpaired) electrons. The quantitative estimate of drug-likeness (QED) is 0.507. The molecule has 0 aliphatic carbocycles. The Morgan fingerprint density at radius 2 is 2.00 bits per heavy atom. The molecule has 0 amide bonds. The van der Waals surface area contributed by atoms with E-state index >= 15 is 0 Å². The van der Waals surface area contributed by atoms with Gasteiger partial charge in [-0.1, -0.05) is 30.3 Å². The molecule has 0 aromatic heterocycles. The van der Waals surface area contributed by atoms with E-state index in [2.05, 4.69) is 39.5 Å². The second-order valence-electron chi connectivity index (χ2n) is 6.96. The van der Waals surface area contributed by atoms with E-state index in [9.17, 15) is 4.79 Å². The van der Waals surface area contributed by atoms with Crippen molar-refractivity contribution >= 4 is 11.9 Å². The van der Waals surface area contributed by atoms with E-state index in [0.29, 0.717) is 5.92 Å². The van der Waals surface area contributed by atoms with Crippen LogP contribution in [0.25, 0.3) is 0 Å². The molecule has 2 saturated heterocycles. The Morgan fingerprint density at radius 3 is 2.65 bits per heavy atom. The molecule has 6 heteroatoms. The lowest BCUT2D eigenvalue weighted by Crippen LogP contribution is -2.47. The van der Waals surface area contributed by atoms with Crippen molar-refractivity contribution in [2.75, 3.05) is 40.4 Å². The Kier molecular flexibility index (Phi) is 6.50. The SMILES string of the molecule is CN=C(NCC1CCOC1c1ccccc1)N1CCC(C(=O)OC)CC1. The van der Waals surface area contributed by atoms with Crippen molar-refractivity contribution in [2.45, 2.75) is 25.4 Å². The zero-order chi connectivity index (χ0) is 18.4. The third kappa shape index (κ3) is 4.36. The molecule has 2 atom stereocenters. The summed E-state index contributed by atoms with van der Waals surface area (Å²) in [4.78, 5) is 18.3. The summed E-state index contributed by atoms with van der Waals surface area (Å²) in [5.41, 5.74) is 1.24. The molecular formula is C20H29N3O3. The molecule has 0 saturated carbocycles. The topological polar surface area (TPSA) is 63.2 Å². The van der Waals surface area contributed by atoms with Crippen LogP contribution >= 0.6 is 0 Å². The summed E-state index contributed by atoms with van der Waals surface area (Å²) < 4.78 is 10.8. The standard InChI is InChI=1S/C20H29N3O3/c1-21-20(23-11-8-16(9-12-23)19(24)25-2)22-14-17-10-13-26-18(17)15-6-4-3-5-7-15/h3-7,16-18H,8-14H2,1-2H3,(H,21,22). The monoisotopic (exact) mass is 359 g/mol. The predicted molar refractivity (Wildman–Crippen MR) is 101 cm³/mol. The van der Waals surface area contributed by atoms with E-state index in [0.717, 1.165) is 51.5 Å². The van der Waals surface area contributed by atoms with Gasteiger partial charge in [-0.05, 0) is 24.8 Å². The van der Waals surface area contributed by atoms with Gasteiger partial charge < -0.3 is 19.7 Å². The van der Waals surface area contributed by atoms with Gasteiger partial charge in [-0.25, -0.2) is 0 Å². The molecule has 26 heavy (non-hydrogen) atoms. The molecule has 2 fully saturated rings. The van der Waals surface area contributed by atoms with Crippen molar-refractivity contribution in [1.82, 2.24) is 10.2 Å². The fraction of sp³-hybridized carbons (Fsp3) is 0.600. The van der Waals surface area contributed by atoms with Crippen molar-refractivity contribution in [3.8, 4) is 0 Å². The number of hydrogen-bond donors (Lipinski definition) is 1. The average molecular weight is 359 g/mol. The van der Waals surface area contributed by atoms with E-state index in [1.54, 1.807) is 0 Å². The van der Waals surface area contributed by atoms with Gasteiger partial charge in [0.2, 0.25) is 0 Å². The Bertz CT molecular complexity index is 612. The number of likely N-dealkylation sites (tertiary alicyclic amines) is 1. The summed E-state index contributed by atoms with van der Waals surface area (Å²) in [7, 11) is 3.27. The number of carbonyl (C=O) groups excluding carboxylic acids is 1. The summed E-state index contributed by atoms with van der Waals surface area (Å²) in [5, 5.41) is 3.52. The van der Waals surface area contributed by atoms with Gasteiger partial charge in [-0.2, -0.15) is 0 Å². The van der Waals surface area contributed by atoms with Gasteiger partial charge in [0.1, 0.15) is 0 Å². The van der Waals surface area contributed by atoms with Crippen molar-refractivity contribution in [2.24, 2.45) is 16.8 Å². The third-order valence-electron chi connectivity index (χ3n) is 5.41. The number of nitrogens with one attached hydrogen (secondary N) is 1. The number of nitrogens with zero attached hydrogens (tertiary/aromatic N) is 2. The van der Waals surface area contributed by atoms with Crippen LogP contribution in [0.2, 0.25) is 0 Å². The number of ether oxygens (including phenoxy) is 2. The number of benzene rings is 1. The first-order valence-electron chi connectivity index (χ1n) is 9.43. The van der Waals surface area contributed by atoms with Crippen LogP contribution in [0, 0.1) is 11.8 Å². The zero-order valence-corrected chi connectivity index (χ0v) is 15.7. The van der Waals surface area contributed by atoms with Crippen LogP contribution in [0.4, 0.5) is 0 Å². The van der Waals surface area contributed by atoms with Crippen LogP contribution in [0.1, 0.15) is 30.9 Å². The zero-order valence-electron chi connectivity index (χ0n) is 15.7. The molecule has 6 nitrogen and oxygen atoms in total. The Balaban J connectivity index is 1.52. The number of hydrogen-bond acceptors (Lipinski definition) is 4. The molecule has 3 rings (SSSR count). The number of guanidine groups is 1. The van der Waals surface area contributed by atoms with E-state index in [1.807, 2.05) is 13.1 Å². The van der Waals surface area contributed by atoms with Gasteiger partial charge in [0, 0.05) is 39.2 Å². The number of aliphatic imine (C=N–C) groups is 1. The number of methoxy groups -OCH3 is 1. The molecule has 2 heterocycles. The molecule has 2 aliphatic heterocycles. The molecule has 0 bridgehead atoms. The van der Waals surface area contributed by atoms with Crippen molar-refractivity contribution < 1.29 is 14.3 Å². The molecule has 1 aromatic carbocycles. The van der Waals surface area contributed by atoms with E-state index in [1.165, 1.54) is 12.7 Å². The van der Waals surface area contributed by atoms with Crippen LogP contribution in [0.5, 0.6) is 0 Å². The highest BCUT2D eigenvalue weighted by Crippen LogP contribution is 2.33. The van der Waals surface area contributed by atoms with Gasteiger partial charge in [-0.15, -0.1) is 0 Å². The number of rotatable bonds is 4. The number of esters is 1. The Labute approximate surface area is 155 Å². The summed E-state index contributed by atoms with van der Waals surface area (Å²) in [6.45, 7) is 3.28. The lowest BCUT2D eigenvalue weighted by atomic mass is 9.95. The van der Waals surface area contributed by atoms with Crippen LogP contribution in [-0.4, -0.2) is 57.2 Å². The van der Waals surface area contributed by atoms with Crippen molar-refractivity contribution in [1.29, 1.82) is 0 Å². The van der Waals surface area contributed by atoms with Gasteiger partial charge in [0.05, 0.1) is 19.1 Å². The van der Waals surface area contributed by atoms with Gasteiger partial charge in [0.25, 0.3) is 0 Å². The minimum Gasteiger partial charge on any atom is -0.469 e. The fourth-order valence-electron chi connectivity index (χ4n) is 3.90. The minimum absolute atomic E-state index is 0.0139. The van der Waals surface area contributed by atoms with E-state index in [-0.39, 0.29) is 18.0 Å². The number of carbonyl (C=O) groups is 1. The normalized spacial score (nSPS) is 24.5. The van der Waals surface area contributed by atoms with Crippen molar-refractivity contribution in [3.05, 3.63) is 35.9 Å². The van der Waals surface area contributed by atoms with E-state index < -0.39 is 0 Å². The summed E-state index contributed by atoms with van der Waals surface area (Å²) in [6, 6.07) is 10.4. The Hall–Kier alpha value is -2.08. The highest BCUT2D eigenvalue weighted by atomic mass is 16.5. The maximum absolute atomic E-state index is 11.7. The van der Waals surface area contributed by atoms with Gasteiger partial charge in [-0.3, -0.25) is 9.79 Å². The first-order chi connectivity index (χ1) is 12.7. The van der Waals surface area contributed by atoms with Crippen LogP contribution in [-0.2, 0) is 14.3 Å². The average Bonchev–Trinajstić information content (AvgIpc) is 3.17. The van der Waals surface area contributed by atoms with Gasteiger partial charge in [0.15, 0.2) is 5.96 Å².